The number of pyridine rings is 1. The van der Waals surface area contributed by atoms with Gasteiger partial charge < -0.3 is 10.6 Å². The predicted octanol–water partition coefficient (Wildman–Crippen LogP) is 2.36. The third-order valence-electron chi connectivity index (χ3n) is 2.26. The molecule has 0 radical (unpaired) electrons. The van der Waals surface area contributed by atoms with E-state index in [-0.39, 0.29) is 11.1 Å². The molecule has 17 heavy (non-hydrogen) atoms. The molecule has 0 saturated carbocycles. The van der Waals surface area contributed by atoms with Crippen molar-refractivity contribution in [2.24, 2.45) is 0 Å². The number of nitrogens with two attached hydrogens (primary N) is 1. The van der Waals surface area contributed by atoms with Crippen LogP contribution in [0.3, 0.4) is 0 Å². The van der Waals surface area contributed by atoms with E-state index in [1.807, 2.05) is 13.8 Å². The van der Waals surface area contributed by atoms with Crippen molar-refractivity contribution in [2.45, 2.75) is 13.8 Å². The lowest BCUT2D eigenvalue weighted by atomic mass is 10.2. The fourth-order valence-electron chi connectivity index (χ4n) is 1.45. The molecule has 0 aliphatic carbocycles. The van der Waals surface area contributed by atoms with E-state index in [0.29, 0.717) is 24.3 Å². The van der Waals surface area contributed by atoms with Gasteiger partial charge in [0.25, 0.3) is 5.91 Å². The fourth-order valence-corrected chi connectivity index (χ4v) is 1.61. The molecular weight excluding hydrogens is 238 g/mol. The van der Waals surface area contributed by atoms with Crippen LogP contribution in [0.1, 0.15) is 24.2 Å². The van der Waals surface area contributed by atoms with Crippen LogP contribution in [0.4, 0.5) is 5.69 Å². The Balaban J connectivity index is 3.01. The van der Waals surface area contributed by atoms with E-state index in [4.69, 9.17) is 17.3 Å². The molecule has 1 rings (SSSR count). The molecule has 1 heterocycles. The molecule has 92 valence electrons. The fraction of sp³-hybridized carbons (Fsp3) is 0.333. The molecule has 0 saturated heterocycles. The summed E-state index contributed by atoms with van der Waals surface area (Å²) in [5.41, 5.74) is 7.35. The maximum atomic E-state index is 12.2. The lowest BCUT2D eigenvalue weighted by Gasteiger charge is -2.21. The number of nitrogen functional groups attached to an aromatic ring is 1. The van der Waals surface area contributed by atoms with Crippen molar-refractivity contribution in [3.8, 4) is 0 Å². The minimum Gasteiger partial charge on any atom is -0.397 e. The molecule has 2 N–H and O–H groups in total. The molecule has 0 unspecified atom stereocenters. The van der Waals surface area contributed by atoms with Gasteiger partial charge in [0.2, 0.25) is 0 Å². The molecule has 0 aromatic carbocycles. The van der Waals surface area contributed by atoms with Crippen LogP contribution in [-0.4, -0.2) is 28.9 Å². The number of likely N-dealkylation sites (N-methyl/N-ethyl adjacent to an activating group) is 1. The van der Waals surface area contributed by atoms with Crippen molar-refractivity contribution >= 4 is 23.2 Å². The van der Waals surface area contributed by atoms with Crippen molar-refractivity contribution < 1.29 is 4.79 Å². The lowest BCUT2D eigenvalue weighted by Crippen LogP contribution is -2.32. The van der Waals surface area contributed by atoms with Crippen molar-refractivity contribution in [3.05, 3.63) is 35.1 Å². The largest absolute Gasteiger partial charge is 0.397 e. The van der Waals surface area contributed by atoms with Crippen LogP contribution in [0.2, 0.25) is 5.15 Å². The molecule has 0 atom stereocenters. The summed E-state index contributed by atoms with van der Waals surface area (Å²) in [7, 11) is 0. The number of rotatable bonds is 4. The number of carbonyl (C=O) groups excluding carboxylic acids is 1. The molecule has 1 amide bonds. The number of aromatic nitrogens is 1. The van der Waals surface area contributed by atoms with Gasteiger partial charge in [-0.15, -0.1) is 0 Å². The van der Waals surface area contributed by atoms with Gasteiger partial charge in [0.05, 0.1) is 17.4 Å². The number of amides is 1. The molecule has 4 nitrogen and oxygen atoms in total. The van der Waals surface area contributed by atoms with E-state index in [0.717, 1.165) is 5.57 Å². The summed E-state index contributed by atoms with van der Waals surface area (Å²) in [6, 6.07) is 1.49. The number of anilines is 1. The monoisotopic (exact) mass is 253 g/mol. The van der Waals surface area contributed by atoms with Crippen LogP contribution < -0.4 is 5.73 Å². The highest BCUT2D eigenvalue weighted by molar-refractivity contribution is 6.29. The molecule has 0 aliphatic rings. The Morgan fingerprint density at radius 3 is 2.82 bits per heavy atom. The molecule has 0 aliphatic heterocycles. The summed E-state index contributed by atoms with van der Waals surface area (Å²) in [5.74, 6) is -0.155. The highest BCUT2D eigenvalue weighted by Crippen LogP contribution is 2.17. The quantitative estimate of drug-likeness (QED) is 0.662. The summed E-state index contributed by atoms with van der Waals surface area (Å²) in [5, 5.41) is 0.258. The molecule has 0 fully saturated rings. The third kappa shape index (κ3) is 3.46. The van der Waals surface area contributed by atoms with E-state index in [9.17, 15) is 4.79 Å². The third-order valence-corrected chi connectivity index (χ3v) is 2.47. The molecule has 1 aromatic rings. The first-order valence-electron chi connectivity index (χ1n) is 5.30. The SMILES string of the molecule is C=C(C)CN(CC)C(=O)c1cc(Cl)ncc1N. The average molecular weight is 254 g/mol. The van der Waals surface area contributed by atoms with Crippen LogP contribution in [0.15, 0.2) is 24.4 Å². The van der Waals surface area contributed by atoms with Gasteiger partial charge in [-0.2, -0.15) is 0 Å². The van der Waals surface area contributed by atoms with Crippen molar-refractivity contribution in [3.63, 3.8) is 0 Å². The van der Waals surface area contributed by atoms with Crippen molar-refractivity contribution in [1.29, 1.82) is 0 Å². The maximum Gasteiger partial charge on any atom is 0.256 e. The van der Waals surface area contributed by atoms with E-state index >= 15 is 0 Å². The van der Waals surface area contributed by atoms with Crippen LogP contribution in [-0.2, 0) is 0 Å². The maximum absolute atomic E-state index is 12.2. The first-order valence-corrected chi connectivity index (χ1v) is 5.68. The van der Waals surface area contributed by atoms with Gasteiger partial charge >= 0.3 is 0 Å². The van der Waals surface area contributed by atoms with Gasteiger partial charge in [0.15, 0.2) is 0 Å². The number of hydrogen-bond donors (Lipinski definition) is 1. The molecule has 5 heteroatoms. The van der Waals surface area contributed by atoms with Crippen molar-refractivity contribution in [2.75, 3.05) is 18.8 Å². The zero-order valence-electron chi connectivity index (χ0n) is 10.0. The second-order valence-corrected chi connectivity index (χ2v) is 4.26. The van der Waals surface area contributed by atoms with Gasteiger partial charge in [-0.25, -0.2) is 4.98 Å². The second kappa shape index (κ2) is 5.68. The number of halogens is 1. The summed E-state index contributed by atoms with van der Waals surface area (Å²) in [4.78, 5) is 17.7. The average Bonchev–Trinajstić information content (AvgIpc) is 2.28. The first-order chi connectivity index (χ1) is 7.95. The van der Waals surface area contributed by atoms with E-state index < -0.39 is 0 Å². The Bertz CT molecular complexity index is 445. The molecule has 0 bridgehead atoms. The zero-order chi connectivity index (χ0) is 13.0. The van der Waals surface area contributed by atoms with Crippen LogP contribution in [0.25, 0.3) is 0 Å². The summed E-state index contributed by atoms with van der Waals surface area (Å²) in [6.45, 7) is 8.67. The topological polar surface area (TPSA) is 59.2 Å². The smallest absolute Gasteiger partial charge is 0.256 e. The second-order valence-electron chi connectivity index (χ2n) is 3.87. The van der Waals surface area contributed by atoms with Gasteiger partial charge in [-0.1, -0.05) is 23.8 Å². The highest BCUT2D eigenvalue weighted by atomic mass is 35.5. The van der Waals surface area contributed by atoms with Crippen LogP contribution >= 0.6 is 11.6 Å². The Labute approximate surface area is 106 Å². The summed E-state index contributed by atoms with van der Waals surface area (Å²) >= 11 is 5.76. The Hall–Kier alpha value is -1.55. The van der Waals surface area contributed by atoms with Gasteiger partial charge in [-0.3, -0.25) is 4.79 Å². The number of carbonyl (C=O) groups is 1. The lowest BCUT2D eigenvalue weighted by molar-refractivity contribution is 0.0779. The summed E-state index contributed by atoms with van der Waals surface area (Å²) < 4.78 is 0. The highest BCUT2D eigenvalue weighted by Gasteiger charge is 2.17. The Morgan fingerprint density at radius 1 is 1.65 bits per heavy atom. The standard InChI is InChI=1S/C12H16ClN3O/c1-4-16(7-8(2)3)12(17)9-5-11(13)15-6-10(9)14/h5-6H,2,4,7,14H2,1,3H3. The minimum atomic E-state index is -0.155. The van der Waals surface area contributed by atoms with Crippen molar-refractivity contribution in [1.82, 2.24) is 9.88 Å². The molecule has 1 aromatic heterocycles. The van der Waals surface area contributed by atoms with E-state index in [2.05, 4.69) is 11.6 Å². The summed E-state index contributed by atoms with van der Waals surface area (Å²) in [6.07, 6.45) is 1.39. The Morgan fingerprint density at radius 2 is 2.29 bits per heavy atom. The predicted molar refractivity (Wildman–Crippen MR) is 70.1 cm³/mol. The normalized spacial score (nSPS) is 10.1. The van der Waals surface area contributed by atoms with Gasteiger partial charge in [0, 0.05) is 13.1 Å². The van der Waals surface area contributed by atoms with Gasteiger partial charge in [-0.05, 0) is 19.9 Å². The van der Waals surface area contributed by atoms with Gasteiger partial charge in [0.1, 0.15) is 5.15 Å². The number of nitrogens with zero attached hydrogens (tertiary/aromatic N) is 2. The molecular formula is C12H16ClN3O. The minimum absolute atomic E-state index is 0.155. The molecule has 0 spiro atoms. The first kappa shape index (κ1) is 13.5. The van der Waals surface area contributed by atoms with Crippen LogP contribution in [0, 0.1) is 0 Å². The zero-order valence-corrected chi connectivity index (χ0v) is 10.8. The Kier molecular flexibility index (Phi) is 4.52. The van der Waals surface area contributed by atoms with E-state index in [1.165, 1.54) is 12.3 Å². The van der Waals surface area contributed by atoms with Crippen LogP contribution in [0.5, 0.6) is 0 Å². The van der Waals surface area contributed by atoms with E-state index in [1.54, 1.807) is 4.90 Å². The number of hydrogen-bond acceptors (Lipinski definition) is 3.